The average molecular weight is 298 g/mol. The van der Waals surface area contributed by atoms with E-state index in [2.05, 4.69) is 22.8 Å². The molecule has 4 heteroatoms. The highest BCUT2D eigenvalue weighted by Gasteiger charge is 2.30. The number of hydrogen-bond acceptors (Lipinski definition) is 4. The first-order valence-corrected chi connectivity index (χ1v) is 7.57. The molecule has 0 radical (unpaired) electrons. The second kappa shape index (κ2) is 6.81. The van der Waals surface area contributed by atoms with Crippen LogP contribution in [0.5, 0.6) is 11.5 Å². The summed E-state index contributed by atoms with van der Waals surface area (Å²) in [6, 6.07) is 16.6. The van der Waals surface area contributed by atoms with Crippen molar-refractivity contribution in [2.75, 3.05) is 27.3 Å². The number of piperazine rings is 1. The Morgan fingerprint density at radius 1 is 0.727 bits per heavy atom. The second-order valence-electron chi connectivity index (χ2n) is 5.35. The summed E-state index contributed by atoms with van der Waals surface area (Å²) in [7, 11) is 3.43. The lowest BCUT2D eigenvalue weighted by Gasteiger charge is -2.35. The number of methoxy groups -OCH3 is 2. The molecule has 0 unspecified atom stereocenters. The van der Waals surface area contributed by atoms with Crippen molar-refractivity contribution in [2.24, 2.45) is 0 Å². The van der Waals surface area contributed by atoms with E-state index in [1.54, 1.807) is 14.2 Å². The molecule has 0 bridgehead atoms. The van der Waals surface area contributed by atoms with Crippen LogP contribution in [0.1, 0.15) is 23.2 Å². The van der Waals surface area contributed by atoms with Gasteiger partial charge in [0.15, 0.2) is 0 Å². The second-order valence-corrected chi connectivity index (χ2v) is 5.35. The Hall–Kier alpha value is -2.04. The standard InChI is InChI=1S/C18H22N2O2/c1-21-15-9-5-3-7-13(15)17-18(20-12-11-19-17)14-8-4-6-10-16(14)22-2/h3-10,17-20H,11-12H2,1-2H3/t17-,18-/m0/s1. The maximum Gasteiger partial charge on any atom is 0.123 e. The summed E-state index contributed by atoms with van der Waals surface area (Å²) in [6.07, 6.45) is 0. The average Bonchev–Trinajstić information content (AvgIpc) is 2.61. The Labute approximate surface area is 131 Å². The van der Waals surface area contributed by atoms with Gasteiger partial charge in [-0.25, -0.2) is 0 Å². The first-order valence-electron chi connectivity index (χ1n) is 7.57. The zero-order valence-electron chi connectivity index (χ0n) is 13.0. The highest BCUT2D eigenvalue weighted by atomic mass is 16.5. The highest BCUT2D eigenvalue weighted by Crippen LogP contribution is 2.38. The third-order valence-electron chi connectivity index (χ3n) is 4.13. The minimum Gasteiger partial charge on any atom is -0.496 e. The molecule has 4 nitrogen and oxygen atoms in total. The van der Waals surface area contributed by atoms with Gasteiger partial charge in [0.1, 0.15) is 11.5 Å². The van der Waals surface area contributed by atoms with Crippen LogP contribution in [0, 0.1) is 0 Å². The summed E-state index contributed by atoms with van der Waals surface area (Å²) in [5, 5.41) is 7.22. The Morgan fingerprint density at radius 2 is 1.14 bits per heavy atom. The molecule has 116 valence electrons. The Balaban J connectivity index is 2.01. The lowest BCUT2D eigenvalue weighted by molar-refractivity contribution is 0.310. The summed E-state index contributed by atoms with van der Waals surface area (Å²) in [5.41, 5.74) is 2.32. The smallest absolute Gasteiger partial charge is 0.123 e. The Bertz CT molecular complexity index is 574. The van der Waals surface area contributed by atoms with E-state index in [0.29, 0.717) is 0 Å². The van der Waals surface area contributed by atoms with E-state index < -0.39 is 0 Å². The van der Waals surface area contributed by atoms with Crippen molar-refractivity contribution in [2.45, 2.75) is 12.1 Å². The number of para-hydroxylation sites is 2. The van der Waals surface area contributed by atoms with Gasteiger partial charge in [0.2, 0.25) is 0 Å². The van der Waals surface area contributed by atoms with Crippen molar-refractivity contribution in [1.82, 2.24) is 10.6 Å². The molecular formula is C18H22N2O2. The van der Waals surface area contributed by atoms with Crippen LogP contribution in [0.4, 0.5) is 0 Å². The van der Waals surface area contributed by atoms with Gasteiger partial charge in [-0.2, -0.15) is 0 Å². The fourth-order valence-electron chi connectivity index (χ4n) is 3.12. The molecule has 0 aliphatic carbocycles. The van der Waals surface area contributed by atoms with E-state index in [0.717, 1.165) is 35.7 Å². The minimum atomic E-state index is 0.140. The SMILES string of the molecule is COc1ccccc1[C@@H]1NCCN[C@H]1c1ccccc1OC. The molecule has 3 rings (SSSR count). The molecule has 0 aromatic heterocycles. The van der Waals surface area contributed by atoms with Crippen LogP contribution < -0.4 is 20.1 Å². The Kier molecular flexibility index (Phi) is 4.61. The molecule has 0 amide bonds. The fourth-order valence-corrected chi connectivity index (χ4v) is 3.12. The number of rotatable bonds is 4. The minimum absolute atomic E-state index is 0.140. The quantitative estimate of drug-likeness (QED) is 0.911. The van der Waals surface area contributed by atoms with Gasteiger partial charge in [-0.05, 0) is 12.1 Å². The number of hydrogen-bond donors (Lipinski definition) is 2. The van der Waals surface area contributed by atoms with E-state index in [4.69, 9.17) is 9.47 Å². The van der Waals surface area contributed by atoms with Crippen molar-refractivity contribution in [3.05, 3.63) is 59.7 Å². The van der Waals surface area contributed by atoms with E-state index in [-0.39, 0.29) is 12.1 Å². The van der Waals surface area contributed by atoms with Crippen molar-refractivity contribution >= 4 is 0 Å². The maximum atomic E-state index is 5.54. The summed E-state index contributed by atoms with van der Waals surface area (Å²) in [4.78, 5) is 0. The fraction of sp³-hybridized carbons (Fsp3) is 0.333. The van der Waals surface area contributed by atoms with Crippen LogP contribution in [0.15, 0.2) is 48.5 Å². The van der Waals surface area contributed by atoms with Crippen molar-refractivity contribution in [1.29, 1.82) is 0 Å². The van der Waals surface area contributed by atoms with Crippen LogP contribution in [0.3, 0.4) is 0 Å². The molecule has 2 aromatic carbocycles. The predicted molar refractivity (Wildman–Crippen MR) is 87.5 cm³/mol. The molecule has 1 fully saturated rings. The lowest BCUT2D eigenvalue weighted by Crippen LogP contribution is -2.45. The Morgan fingerprint density at radius 3 is 1.55 bits per heavy atom. The molecule has 1 aliphatic heterocycles. The zero-order chi connectivity index (χ0) is 15.4. The van der Waals surface area contributed by atoms with Crippen molar-refractivity contribution in [3.8, 4) is 11.5 Å². The molecule has 22 heavy (non-hydrogen) atoms. The molecule has 2 N–H and O–H groups in total. The van der Waals surface area contributed by atoms with Gasteiger partial charge in [-0.15, -0.1) is 0 Å². The van der Waals surface area contributed by atoms with E-state index in [1.807, 2.05) is 36.4 Å². The zero-order valence-corrected chi connectivity index (χ0v) is 13.0. The predicted octanol–water partition coefficient (Wildman–Crippen LogP) is 2.68. The molecule has 1 saturated heterocycles. The first kappa shape index (κ1) is 14.9. The molecule has 0 spiro atoms. The molecule has 1 aliphatic rings. The van der Waals surface area contributed by atoms with Crippen LogP contribution in [0.25, 0.3) is 0 Å². The third-order valence-corrected chi connectivity index (χ3v) is 4.13. The lowest BCUT2D eigenvalue weighted by atomic mass is 9.90. The van der Waals surface area contributed by atoms with Gasteiger partial charge in [0, 0.05) is 24.2 Å². The van der Waals surface area contributed by atoms with Gasteiger partial charge in [0.05, 0.1) is 26.3 Å². The maximum absolute atomic E-state index is 5.54. The first-order chi connectivity index (χ1) is 10.8. The van der Waals surface area contributed by atoms with Crippen LogP contribution in [0.2, 0.25) is 0 Å². The summed E-state index contributed by atoms with van der Waals surface area (Å²) in [6.45, 7) is 1.85. The van der Waals surface area contributed by atoms with Crippen LogP contribution in [-0.2, 0) is 0 Å². The summed E-state index contributed by atoms with van der Waals surface area (Å²) in [5.74, 6) is 1.81. The largest absolute Gasteiger partial charge is 0.496 e. The monoisotopic (exact) mass is 298 g/mol. The van der Waals surface area contributed by atoms with Gasteiger partial charge in [-0.3, -0.25) is 0 Å². The topological polar surface area (TPSA) is 42.5 Å². The third kappa shape index (κ3) is 2.80. The summed E-state index contributed by atoms with van der Waals surface area (Å²) < 4.78 is 11.1. The molecule has 1 heterocycles. The van der Waals surface area contributed by atoms with Crippen molar-refractivity contribution < 1.29 is 9.47 Å². The van der Waals surface area contributed by atoms with E-state index in [1.165, 1.54) is 0 Å². The number of nitrogens with one attached hydrogen (secondary N) is 2. The normalized spacial score (nSPS) is 21.4. The highest BCUT2D eigenvalue weighted by molar-refractivity contribution is 5.42. The number of ether oxygens (including phenoxy) is 2. The van der Waals surface area contributed by atoms with Crippen LogP contribution in [-0.4, -0.2) is 27.3 Å². The van der Waals surface area contributed by atoms with Gasteiger partial charge >= 0.3 is 0 Å². The molecule has 0 saturated carbocycles. The molecule has 2 aromatic rings. The van der Waals surface area contributed by atoms with E-state index >= 15 is 0 Å². The van der Waals surface area contributed by atoms with Gasteiger partial charge < -0.3 is 20.1 Å². The van der Waals surface area contributed by atoms with Gasteiger partial charge in [-0.1, -0.05) is 36.4 Å². The molecule has 2 atom stereocenters. The van der Waals surface area contributed by atoms with Crippen LogP contribution >= 0.6 is 0 Å². The number of benzene rings is 2. The van der Waals surface area contributed by atoms with E-state index in [9.17, 15) is 0 Å². The molecular weight excluding hydrogens is 276 g/mol. The summed E-state index contributed by atoms with van der Waals surface area (Å²) >= 11 is 0. The van der Waals surface area contributed by atoms with Crippen molar-refractivity contribution in [3.63, 3.8) is 0 Å². The van der Waals surface area contributed by atoms with Gasteiger partial charge in [0.25, 0.3) is 0 Å².